The second kappa shape index (κ2) is 10.8. The zero-order valence-corrected chi connectivity index (χ0v) is 19.2. The molecule has 33 heavy (non-hydrogen) atoms. The second-order valence-electron chi connectivity index (χ2n) is 8.43. The van der Waals surface area contributed by atoms with Gasteiger partial charge in [-0.3, -0.25) is 9.69 Å². The van der Waals surface area contributed by atoms with Crippen LogP contribution in [0.15, 0.2) is 101 Å². The molecule has 0 fully saturated rings. The van der Waals surface area contributed by atoms with Crippen LogP contribution in [0.5, 0.6) is 0 Å². The minimum absolute atomic E-state index is 0.0946. The van der Waals surface area contributed by atoms with Crippen molar-refractivity contribution >= 4 is 5.91 Å². The SMILES string of the molecule is Cc1ccccc1CN(Cc1ccccc1)Cc1ccc(C(=O)NC(C)c2ccccc2)o1. The van der Waals surface area contributed by atoms with Crippen LogP contribution in [-0.2, 0) is 19.6 Å². The topological polar surface area (TPSA) is 45.5 Å². The third-order valence-corrected chi connectivity index (χ3v) is 5.82. The van der Waals surface area contributed by atoms with Gasteiger partial charge < -0.3 is 9.73 Å². The van der Waals surface area contributed by atoms with E-state index in [4.69, 9.17) is 4.42 Å². The van der Waals surface area contributed by atoms with Gasteiger partial charge in [0.1, 0.15) is 5.76 Å². The molecule has 1 aromatic heterocycles. The fraction of sp³-hybridized carbons (Fsp3) is 0.207. The summed E-state index contributed by atoms with van der Waals surface area (Å²) < 4.78 is 5.96. The number of nitrogens with zero attached hydrogens (tertiary/aromatic N) is 1. The average Bonchev–Trinajstić information content (AvgIpc) is 3.30. The highest BCUT2D eigenvalue weighted by molar-refractivity contribution is 5.91. The molecule has 0 spiro atoms. The summed E-state index contributed by atoms with van der Waals surface area (Å²) >= 11 is 0. The number of benzene rings is 3. The summed E-state index contributed by atoms with van der Waals surface area (Å²) in [5, 5.41) is 3.02. The molecule has 4 rings (SSSR count). The Morgan fingerprint density at radius 1 is 0.818 bits per heavy atom. The number of hydrogen-bond acceptors (Lipinski definition) is 3. The summed E-state index contributed by atoms with van der Waals surface area (Å²) in [6, 6.07) is 32.4. The van der Waals surface area contributed by atoms with Gasteiger partial charge in [0.15, 0.2) is 5.76 Å². The van der Waals surface area contributed by atoms with Crippen LogP contribution in [0, 0.1) is 6.92 Å². The lowest BCUT2D eigenvalue weighted by molar-refractivity contribution is 0.0907. The van der Waals surface area contributed by atoms with Crippen molar-refractivity contribution in [1.82, 2.24) is 10.2 Å². The molecule has 1 heterocycles. The molecule has 168 valence electrons. The molecule has 1 N–H and O–H groups in total. The molecule has 1 amide bonds. The molecular weight excluding hydrogens is 408 g/mol. The van der Waals surface area contributed by atoms with Crippen LogP contribution in [0.25, 0.3) is 0 Å². The molecule has 1 unspecified atom stereocenters. The molecule has 0 radical (unpaired) electrons. The van der Waals surface area contributed by atoms with Gasteiger partial charge in [0.2, 0.25) is 0 Å². The summed E-state index contributed by atoms with van der Waals surface area (Å²) in [5.41, 5.74) is 4.86. The fourth-order valence-corrected chi connectivity index (χ4v) is 3.94. The van der Waals surface area contributed by atoms with E-state index in [1.807, 2.05) is 49.4 Å². The first-order valence-corrected chi connectivity index (χ1v) is 11.3. The van der Waals surface area contributed by atoms with E-state index in [1.165, 1.54) is 16.7 Å². The van der Waals surface area contributed by atoms with Gasteiger partial charge in [-0.25, -0.2) is 0 Å². The summed E-state index contributed by atoms with van der Waals surface area (Å²) in [6.07, 6.45) is 0. The molecule has 4 nitrogen and oxygen atoms in total. The van der Waals surface area contributed by atoms with Gasteiger partial charge in [-0.05, 0) is 48.2 Å². The zero-order valence-electron chi connectivity index (χ0n) is 19.2. The zero-order chi connectivity index (χ0) is 23.0. The standard InChI is InChI=1S/C29H30N2O2/c1-22-11-9-10-16-26(22)20-31(19-24-12-5-3-6-13-24)21-27-17-18-28(33-27)29(32)30-23(2)25-14-7-4-8-15-25/h3-18,23H,19-21H2,1-2H3,(H,30,32). The third-order valence-electron chi connectivity index (χ3n) is 5.82. The Balaban J connectivity index is 1.46. The largest absolute Gasteiger partial charge is 0.455 e. The number of nitrogens with one attached hydrogen (secondary N) is 1. The van der Waals surface area contributed by atoms with Crippen molar-refractivity contribution in [2.75, 3.05) is 0 Å². The Morgan fingerprint density at radius 2 is 1.48 bits per heavy atom. The Morgan fingerprint density at radius 3 is 2.21 bits per heavy atom. The predicted octanol–water partition coefficient (Wildman–Crippen LogP) is 6.28. The number of hydrogen-bond donors (Lipinski definition) is 1. The Hall–Kier alpha value is -3.63. The van der Waals surface area contributed by atoms with Gasteiger partial charge in [-0.15, -0.1) is 0 Å². The first kappa shape index (κ1) is 22.6. The summed E-state index contributed by atoms with van der Waals surface area (Å²) in [5.74, 6) is 0.909. The van der Waals surface area contributed by atoms with Crippen molar-refractivity contribution in [3.63, 3.8) is 0 Å². The van der Waals surface area contributed by atoms with E-state index in [2.05, 4.69) is 65.7 Å². The van der Waals surface area contributed by atoms with Crippen molar-refractivity contribution in [1.29, 1.82) is 0 Å². The third kappa shape index (κ3) is 6.21. The molecule has 0 aliphatic carbocycles. The van der Waals surface area contributed by atoms with E-state index < -0.39 is 0 Å². The van der Waals surface area contributed by atoms with E-state index in [1.54, 1.807) is 6.07 Å². The molecule has 4 aromatic rings. The molecule has 0 aliphatic rings. The maximum atomic E-state index is 12.7. The maximum Gasteiger partial charge on any atom is 0.287 e. The van der Waals surface area contributed by atoms with Crippen molar-refractivity contribution in [3.8, 4) is 0 Å². The highest BCUT2D eigenvalue weighted by Crippen LogP contribution is 2.19. The highest BCUT2D eigenvalue weighted by Gasteiger charge is 2.17. The smallest absolute Gasteiger partial charge is 0.287 e. The van der Waals surface area contributed by atoms with E-state index >= 15 is 0 Å². The quantitative estimate of drug-likeness (QED) is 0.334. The molecule has 4 heteroatoms. The lowest BCUT2D eigenvalue weighted by Gasteiger charge is -2.22. The van der Waals surface area contributed by atoms with Gasteiger partial charge in [-0.1, -0.05) is 84.9 Å². The number of aryl methyl sites for hydroxylation is 1. The summed E-state index contributed by atoms with van der Waals surface area (Å²) in [4.78, 5) is 15.1. The van der Waals surface area contributed by atoms with Crippen molar-refractivity contribution < 1.29 is 9.21 Å². The molecule has 0 bridgehead atoms. The maximum absolute atomic E-state index is 12.7. The first-order chi connectivity index (χ1) is 16.1. The van der Waals surface area contributed by atoms with Crippen LogP contribution < -0.4 is 5.32 Å². The lowest BCUT2D eigenvalue weighted by Crippen LogP contribution is -2.26. The normalized spacial score (nSPS) is 12.0. The molecule has 0 aliphatic heterocycles. The summed E-state index contributed by atoms with van der Waals surface area (Å²) in [7, 11) is 0. The highest BCUT2D eigenvalue weighted by atomic mass is 16.4. The van der Waals surface area contributed by atoms with Gasteiger partial charge >= 0.3 is 0 Å². The van der Waals surface area contributed by atoms with Crippen molar-refractivity contribution in [3.05, 3.63) is 131 Å². The Kier molecular flexibility index (Phi) is 7.38. The van der Waals surface area contributed by atoms with Gasteiger partial charge in [0, 0.05) is 13.1 Å². The van der Waals surface area contributed by atoms with Crippen LogP contribution in [0.2, 0.25) is 0 Å². The molecule has 0 saturated carbocycles. The number of furan rings is 1. The van der Waals surface area contributed by atoms with Crippen molar-refractivity contribution in [2.45, 2.75) is 39.5 Å². The Bertz CT molecular complexity index is 1170. The van der Waals surface area contributed by atoms with Crippen LogP contribution in [0.1, 0.15) is 51.5 Å². The minimum atomic E-state index is -0.203. The van der Waals surface area contributed by atoms with Gasteiger partial charge in [0.25, 0.3) is 5.91 Å². The van der Waals surface area contributed by atoms with Crippen LogP contribution in [-0.4, -0.2) is 10.8 Å². The predicted molar refractivity (Wildman–Crippen MR) is 132 cm³/mol. The average molecular weight is 439 g/mol. The number of amides is 1. The number of carbonyl (C=O) groups excluding carboxylic acids is 1. The number of carbonyl (C=O) groups is 1. The number of rotatable bonds is 9. The van der Waals surface area contributed by atoms with E-state index in [9.17, 15) is 4.79 Å². The molecule has 3 aromatic carbocycles. The molecular formula is C29H30N2O2. The lowest BCUT2D eigenvalue weighted by atomic mass is 10.1. The summed E-state index contributed by atoms with van der Waals surface area (Å²) in [6.45, 7) is 6.32. The van der Waals surface area contributed by atoms with Crippen LogP contribution >= 0.6 is 0 Å². The monoisotopic (exact) mass is 438 g/mol. The Labute approximate surface area is 195 Å². The van der Waals surface area contributed by atoms with Gasteiger partial charge in [-0.2, -0.15) is 0 Å². The van der Waals surface area contributed by atoms with Crippen LogP contribution in [0.3, 0.4) is 0 Å². The second-order valence-corrected chi connectivity index (χ2v) is 8.43. The van der Waals surface area contributed by atoms with Crippen LogP contribution in [0.4, 0.5) is 0 Å². The van der Waals surface area contributed by atoms with Crippen molar-refractivity contribution in [2.24, 2.45) is 0 Å². The fourth-order valence-electron chi connectivity index (χ4n) is 3.94. The van der Waals surface area contributed by atoms with Gasteiger partial charge in [0.05, 0.1) is 12.6 Å². The van der Waals surface area contributed by atoms with E-state index in [-0.39, 0.29) is 11.9 Å². The molecule has 0 saturated heterocycles. The first-order valence-electron chi connectivity index (χ1n) is 11.3. The van der Waals surface area contributed by atoms with E-state index in [0.717, 1.165) is 24.4 Å². The van der Waals surface area contributed by atoms with E-state index in [0.29, 0.717) is 12.3 Å². The molecule has 1 atom stereocenters. The minimum Gasteiger partial charge on any atom is -0.455 e.